The number of thiocarbonyl (C=S) groups is 1. The van der Waals surface area contributed by atoms with Crippen molar-refractivity contribution in [2.75, 3.05) is 11.9 Å². The standard InChI is InChI=1S/C23H21Cl2N5O3S2/c1-12(16-11-35-21(20(16)32)13-5-6-17(24)18(25)10-13)29-30-23(34)28-15-4-2-3-14(9-15)22(33)27-8-7-19(26)31/h2-6,9-11,32H,7-8H2,1H3,(H2,26,31)(H,27,33)(H2,28,30,34)/b29-12-. The van der Waals surface area contributed by atoms with Crippen LogP contribution < -0.4 is 21.8 Å². The fraction of sp³-hybridized carbons (Fsp3) is 0.130. The first-order chi connectivity index (χ1) is 16.7. The SMILES string of the molecule is C/C(=N/NC(=S)Nc1cccc(C(=O)NCCC(N)=O)c1)c1csc(-c2ccc(Cl)c(Cl)c2)c1O. The highest BCUT2D eigenvalue weighted by molar-refractivity contribution is 7.80. The van der Waals surface area contributed by atoms with E-state index in [2.05, 4.69) is 21.2 Å². The predicted octanol–water partition coefficient (Wildman–Crippen LogP) is 4.74. The number of hydrogen-bond donors (Lipinski definition) is 5. The Balaban J connectivity index is 1.63. The molecule has 1 aromatic heterocycles. The number of nitrogens with two attached hydrogens (primary N) is 1. The number of carbonyl (C=O) groups is 2. The minimum absolute atomic E-state index is 0.0592. The van der Waals surface area contributed by atoms with Crippen molar-refractivity contribution >= 4 is 75.1 Å². The fourth-order valence-corrected chi connectivity index (χ4v) is 4.41. The van der Waals surface area contributed by atoms with Crippen molar-refractivity contribution in [3.05, 3.63) is 69.0 Å². The molecule has 0 fully saturated rings. The van der Waals surface area contributed by atoms with E-state index in [-0.39, 0.29) is 29.7 Å². The van der Waals surface area contributed by atoms with Crippen LogP contribution in [-0.2, 0) is 4.79 Å². The average molecular weight is 550 g/mol. The summed E-state index contributed by atoms with van der Waals surface area (Å²) in [7, 11) is 0. The van der Waals surface area contributed by atoms with Crippen molar-refractivity contribution in [1.29, 1.82) is 0 Å². The number of thiophene rings is 1. The third kappa shape index (κ3) is 7.15. The van der Waals surface area contributed by atoms with E-state index in [1.165, 1.54) is 11.3 Å². The maximum absolute atomic E-state index is 12.2. The molecular formula is C23H21Cl2N5O3S2. The molecule has 8 nitrogen and oxygen atoms in total. The van der Waals surface area contributed by atoms with E-state index in [0.717, 1.165) is 5.56 Å². The molecule has 3 aromatic rings. The Kier molecular flexibility index (Phi) is 9.05. The largest absolute Gasteiger partial charge is 0.506 e. The van der Waals surface area contributed by atoms with Gasteiger partial charge in [0.15, 0.2) is 5.11 Å². The highest BCUT2D eigenvalue weighted by Gasteiger charge is 2.16. The van der Waals surface area contributed by atoms with Crippen LogP contribution in [-0.4, -0.2) is 34.3 Å². The molecule has 12 heteroatoms. The number of hydrogen-bond acceptors (Lipinski definition) is 6. The molecule has 0 saturated heterocycles. The molecule has 2 amide bonds. The van der Waals surface area contributed by atoms with Crippen LogP contribution in [0.4, 0.5) is 5.69 Å². The Labute approximate surface area is 221 Å². The minimum atomic E-state index is -0.491. The van der Waals surface area contributed by atoms with E-state index >= 15 is 0 Å². The summed E-state index contributed by atoms with van der Waals surface area (Å²) >= 11 is 18.7. The summed E-state index contributed by atoms with van der Waals surface area (Å²) in [5.41, 5.74) is 10.6. The molecule has 0 spiro atoms. The predicted molar refractivity (Wildman–Crippen MR) is 146 cm³/mol. The molecule has 0 unspecified atom stereocenters. The first-order valence-corrected chi connectivity index (χ1v) is 12.2. The fourth-order valence-electron chi connectivity index (χ4n) is 2.94. The van der Waals surface area contributed by atoms with E-state index < -0.39 is 5.91 Å². The molecular weight excluding hydrogens is 529 g/mol. The topological polar surface area (TPSA) is 129 Å². The molecule has 0 radical (unpaired) electrons. The number of halogens is 2. The lowest BCUT2D eigenvalue weighted by atomic mass is 10.1. The quantitative estimate of drug-likeness (QED) is 0.157. The second-order valence-electron chi connectivity index (χ2n) is 7.27. The van der Waals surface area contributed by atoms with Crippen LogP contribution in [0, 0.1) is 0 Å². The zero-order chi connectivity index (χ0) is 25.5. The van der Waals surface area contributed by atoms with Crippen molar-refractivity contribution in [3.8, 4) is 16.2 Å². The zero-order valence-corrected chi connectivity index (χ0v) is 21.5. The van der Waals surface area contributed by atoms with Gasteiger partial charge in [-0.1, -0.05) is 35.3 Å². The number of primary amides is 1. The van der Waals surface area contributed by atoms with Gasteiger partial charge in [0.25, 0.3) is 5.91 Å². The van der Waals surface area contributed by atoms with Crippen LogP contribution in [0.15, 0.2) is 52.9 Å². The number of aromatic hydroxyl groups is 1. The number of nitrogens with one attached hydrogen (secondary N) is 3. The van der Waals surface area contributed by atoms with Gasteiger partial charge >= 0.3 is 0 Å². The van der Waals surface area contributed by atoms with Gasteiger partial charge in [-0.05, 0) is 55.0 Å². The molecule has 0 aliphatic rings. The van der Waals surface area contributed by atoms with Gasteiger partial charge < -0.3 is 21.5 Å². The summed E-state index contributed by atoms with van der Waals surface area (Å²) in [6.45, 7) is 1.88. The zero-order valence-electron chi connectivity index (χ0n) is 18.4. The second kappa shape index (κ2) is 12.0. The maximum atomic E-state index is 12.2. The number of rotatable bonds is 8. The van der Waals surface area contributed by atoms with Gasteiger partial charge in [0, 0.05) is 29.6 Å². The summed E-state index contributed by atoms with van der Waals surface area (Å²) in [6.07, 6.45) is 0.0592. The summed E-state index contributed by atoms with van der Waals surface area (Å²) in [5, 5.41) is 23.3. The minimum Gasteiger partial charge on any atom is -0.506 e. The van der Waals surface area contributed by atoms with Gasteiger partial charge in [-0.3, -0.25) is 15.0 Å². The molecule has 182 valence electrons. The van der Waals surface area contributed by atoms with Crippen LogP contribution >= 0.6 is 46.8 Å². The summed E-state index contributed by atoms with van der Waals surface area (Å²) in [5.74, 6) is -0.756. The van der Waals surface area contributed by atoms with Crippen molar-refractivity contribution in [3.63, 3.8) is 0 Å². The molecule has 0 bridgehead atoms. The Hall–Kier alpha value is -3.18. The molecule has 1 heterocycles. The van der Waals surface area contributed by atoms with Crippen molar-refractivity contribution < 1.29 is 14.7 Å². The lowest BCUT2D eigenvalue weighted by Gasteiger charge is -2.10. The van der Waals surface area contributed by atoms with E-state index in [4.69, 9.17) is 41.2 Å². The molecule has 6 N–H and O–H groups in total. The van der Waals surface area contributed by atoms with Gasteiger partial charge in [0.2, 0.25) is 5.91 Å². The molecule has 0 saturated carbocycles. The highest BCUT2D eigenvalue weighted by atomic mass is 35.5. The normalized spacial score (nSPS) is 11.1. The maximum Gasteiger partial charge on any atom is 0.251 e. The van der Waals surface area contributed by atoms with Gasteiger partial charge in [-0.2, -0.15) is 5.10 Å². The number of hydrazone groups is 1. The summed E-state index contributed by atoms with van der Waals surface area (Å²) in [6, 6.07) is 11.8. The third-order valence-corrected chi connectivity index (χ3v) is 6.65. The van der Waals surface area contributed by atoms with Gasteiger partial charge in [-0.15, -0.1) is 11.3 Å². The van der Waals surface area contributed by atoms with Crippen LogP contribution in [0.25, 0.3) is 10.4 Å². The van der Waals surface area contributed by atoms with Crippen molar-refractivity contribution in [1.82, 2.24) is 10.7 Å². The van der Waals surface area contributed by atoms with Crippen LogP contribution in [0.2, 0.25) is 10.0 Å². The monoisotopic (exact) mass is 549 g/mol. The summed E-state index contributed by atoms with van der Waals surface area (Å²) in [4.78, 5) is 23.7. The third-order valence-electron chi connectivity index (χ3n) is 4.70. The van der Waals surface area contributed by atoms with Crippen LogP contribution in [0.1, 0.15) is 29.3 Å². The van der Waals surface area contributed by atoms with E-state index in [1.54, 1.807) is 54.8 Å². The van der Waals surface area contributed by atoms with E-state index in [9.17, 15) is 14.7 Å². The Morgan fingerprint density at radius 1 is 1.17 bits per heavy atom. The molecule has 0 aliphatic carbocycles. The van der Waals surface area contributed by atoms with Crippen molar-refractivity contribution in [2.24, 2.45) is 10.8 Å². The Bertz CT molecular complexity index is 1310. The molecule has 0 atom stereocenters. The molecule has 35 heavy (non-hydrogen) atoms. The van der Waals surface area contributed by atoms with Crippen LogP contribution in [0.3, 0.4) is 0 Å². The van der Waals surface area contributed by atoms with Crippen molar-refractivity contribution in [2.45, 2.75) is 13.3 Å². The first kappa shape index (κ1) is 26.4. The number of nitrogens with zero attached hydrogens (tertiary/aromatic N) is 1. The van der Waals surface area contributed by atoms with E-state index in [0.29, 0.717) is 37.4 Å². The Morgan fingerprint density at radius 2 is 1.94 bits per heavy atom. The number of amides is 2. The molecule has 2 aromatic carbocycles. The highest BCUT2D eigenvalue weighted by Crippen LogP contribution is 2.40. The molecule has 3 rings (SSSR count). The average Bonchev–Trinajstić information content (AvgIpc) is 3.20. The van der Waals surface area contributed by atoms with Gasteiger partial charge in [0.1, 0.15) is 5.75 Å². The Morgan fingerprint density at radius 3 is 2.66 bits per heavy atom. The first-order valence-electron chi connectivity index (χ1n) is 10.2. The summed E-state index contributed by atoms with van der Waals surface area (Å²) < 4.78 is 0. The number of carbonyl (C=O) groups excluding carboxylic acids is 2. The molecule has 0 aliphatic heterocycles. The van der Waals surface area contributed by atoms with E-state index in [1.807, 2.05) is 0 Å². The van der Waals surface area contributed by atoms with Crippen LogP contribution in [0.5, 0.6) is 5.75 Å². The smallest absolute Gasteiger partial charge is 0.251 e. The number of anilines is 1. The van der Waals surface area contributed by atoms with Gasteiger partial charge in [0.05, 0.1) is 26.2 Å². The number of benzene rings is 2. The lowest BCUT2D eigenvalue weighted by molar-refractivity contribution is -0.117. The van der Waals surface area contributed by atoms with Gasteiger partial charge in [-0.25, -0.2) is 0 Å². The lowest BCUT2D eigenvalue weighted by Crippen LogP contribution is -2.28. The second-order valence-corrected chi connectivity index (χ2v) is 9.37.